The van der Waals surface area contributed by atoms with Crippen LogP contribution in [0.2, 0.25) is 0 Å². The molecule has 0 saturated heterocycles. The Morgan fingerprint density at radius 1 is 1.00 bits per heavy atom. The Bertz CT molecular complexity index is 593. The monoisotopic (exact) mass is 330 g/mol. The normalized spacial score (nSPS) is 11.4. The summed E-state index contributed by atoms with van der Waals surface area (Å²) in [5, 5.41) is 0. The smallest absolute Gasteiger partial charge is 0.416 e. The maximum Gasteiger partial charge on any atom is 0.416 e. The predicted molar refractivity (Wildman–Crippen MR) is 71.1 cm³/mol. The van der Waals surface area contributed by atoms with Crippen molar-refractivity contribution in [2.24, 2.45) is 0 Å². The van der Waals surface area contributed by atoms with Gasteiger partial charge < -0.3 is 4.74 Å². The minimum atomic E-state index is -4.36. The Morgan fingerprint density at radius 3 is 2.32 bits per heavy atom. The van der Waals surface area contributed by atoms with E-state index >= 15 is 0 Å². The van der Waals surface area contributed by atoms with Gasteiger partial charge in [0, 0.05) is 15.6 Å². The molecule has 0 bridgehead atoms. The molecule has 0 aliphatic heterocycles. The van der Waals surface area contributed by atoms with E-state index in [1.165, 1.54) is 13.2 Å². The number of halogens is 4. The van der Waals surface area contributed by atoms with Crippen molar-refractivity contribution < 1.29 is 17.9 Å². The van der Waals surface area contributed by atoms with Crippen LogP contribution in [0.1, 0.15) is 5.56 Å². The second-order valence-corrected chi connectivity index (χ2v) is 4.75. The van der Waals surface area contributed by atoms with Crippen LogP contribution in [-0.4, -0.2) is 7.11 Å². The van der Waals surface area contributed by atoms with Gasteiger partial charge in [-0.05, 0) is 24.3 Å². The van der Waals surface area contributed by atoms with E-state index < -0.39 is 11.7 Å². The predicted octanol–water partition coefficient (Wildman–Crippen LogP) is 5.14. The highest BCUT2D eigenvalue weighted by Gasteiger charge is 2.31. The Morgan fingerprint density at radius 2 is 1.68 bits per heavy atom. The molecule has 0 unspecified atom stereocenters. The number of ether oxygens (including phenoxy) is 1. The van der Waals surface area contributed by atoms with Crippen LogP contribution in [-0.2, 0) is 6.18 Å². The molecular formula is C14H10BrF3O. The van der Waals surface area contributed by atoms with Gasteiger partial charge in [0.05, 0.1) is 12.7 Å². The molecule has 19 heavy (non-hydrogen) atoms. The Labute approximate surface area is 117 Å². The number of rotatable bonds is 2. The van der Waals surface area contributed by atoms with E-state index in [-0.39, 0.29) is 0 Å². The van der Waals surface area contributed by atoms with Crippen LogP contribution in [0.15, 0.2) is 46.9 Å². The third kappa shape index (κ3) is 2.92. The Hall–Kier alpha value is -1.49. The molecule has 2 aromatic rings. The maximum atomic E-state index is 12.8. The molecule has 0 radical (unpaired) electrons. The van der Waals surface area contributed by atoms with Crippen molar-refractivity contribution in [2.45, 2.75) is 6.18 Å². The molecule has 0 saturated carbocycles. The van der Waals surface area contributed by atoms with Crippen LogP contribution in [0.5, 0.6) is 5.75 Å². The second-order valence-electron chi connectivity index (χ2n) is 3.89. The van der Waals surface area contributed by atoms with Gasteiger partial charge in [0.25, 0.3) is 0 Å². The van der Waals surface area contributed by atoms with Crippen molar-refractivity contribution in [1.29, 1.82) is 0 Å². The number of para-hydroxylation sites is 1. The highest BCUT2D eigenvalue weighted by molar-refractivity contribution is 9.10. The topological polar surface area (TPSA) is 9.23 Å². The van der Waals surface area contributed by atoms with Crippen molar-refractivity contribution >= 4 is 15.9 Å². The number of benzene rings is 2. The summed E-state index contributed by atoms with van der Waals surface area (Å²) in [4.78, 5) is 0. The first-order valence-corrected chi connectivity index (χ1v) is 6.23. The van der Waals surface area contributed by atoms with Gasteiger partial charge in [-0.15, -0.1) is 0 Å². The van der Waals surface area contributed by atoms with Crippen LogP contribution >= 0.6 is 15.9 Å². The molecule has 0 amide bonds. The van der Waals surface area contributed by atoms with E-state index in [0.717, 1.165) is 12.1 Å². The summed E-state index contributed by atoms with van der Waals surface area (Å²) in [6, 6.07) is 10.5. The highest BCUT2D eigenvalue weighted by atomic mass is 79.9. The van der Waals surface area contributed by atoms with Crippen LogP contribution in [0.3, 0.4) is 0 Å². The molecule has 0 heterocycles. The van der Waals surface area contributed by atoms with Gasteiger partial charge in [-0.1, -0.05) is 34.1 Å². The van der Waals surface area contributed by atoms with E-state index in [4.69, 9.17) is 4.74 Å². The zero-order valence-corrected chi connectivity index (χ0v) is 11.5. The average molecular weight is 331 g/mol. The van der Waals surface area contributed by atoms with Gasteiger partial charge in [0.2, 0.25) is 0 Å². The molecule has 5 heteroatoms. The Kier molecular flexibility index (Phi) is 3.85. The average Bonchev–Trinajstić information content (AvgIpc) is 2.38. The van der Waals surface area contributed by atoms with Gasteiger partial charge in [0.15, 0.2) is 0 Å². The van der Waals surface area contributed by atoms with Crippen LogP contribution in [0.4, 0.5) is 13.2 Å². The Balaban J connectivity index is 2.61. The van der Waals surface area contributed by atoms with E-state index in [2.05, 4.69) is 15.9 Å². The van der Waals surface area contributed by atoms with E-state index in [9.17, 15) is 13.2 Å². The number of methoxy groups -OCH3 is 1. The minimum absolute atomic E-state index is 0.451. The van der Waals surface area contributed by atoms with E-state index in [0.29, 0.717) is 21.3 Å². The summed E-state index contributed by atoms with van der Waals surface area (Å²) in [5.74, 6) is 0.530. The van der Waals surface area contributed by atoms with Gasteiger partial charge in [-0.2, -0.15) is 13.2 Å². The standard InChI is InChI=1S/C14H10BrF3O/c1-19-13-5-3-2-4-10(13)11-8-9(14(16,17)18)6-7-12(11)15/h2-8H,1H3. The first-order chi connectivity index (χ1) is 8.93. The van der Waals surface area contributed by atoms with Crippen LogP contribution in [0.25, 0.3) is 11.1 Å². The SMILES string of the molecule is COc1ccccc1-c1cc(C(F)(F)F)ccc1Br. The fourth-order valence-electron chi connectivity index (χ4n) is 1.78. The summed E-state index contributed by atoms with van der Waals surface area (Å²) >= 11 is 3.27. The molecule has 0 aliphatic rings. The lowest BCUT2D eigenvalue weighted by molar-refractivity contribution is -0.137. The molecule has 0 aromatic heterocycles. The lowest BCUT2D eigenvalue weighted by atomic mass is 10.0. The molecule has 0 N–H and O–H groups in total. The van der Waals surface area contributed by atoms with E-state index in [1.807, 2.05) is 0 Å². The largest absolute Gasteiger partial charge is 0.496 e. The summed E-state index contributed by atoms with van der Waals surface area (Å²) in [5.41, 5.74) is 0.381. The fraction of sp³-hybridized carbons (Fsp3) is 0.143. The van der Waals surface area contributed by atoms with Crippen molar-refractivity contribution in [1.82, 2.24) is 0 Å². The van der Waals surface area contributed by atoms with Gasteiger partial charge in [0.1, 0.15) is 5.75 Å². The van der Waals surface area contributed by atoms with E-state index in [1.54, 1.807) is 24.3 Å². The van der Waals surface area contributed by atoms with Crippen molar-refractivity contribution in [2.75, 3.05) is 7.11 Å². The molecule has 0 fully saturated rings. The summed E-state index contributed by atoms with van der Waals surface area (Å²) in [6.07, 6.45) is -4.36. The molecule has 100 valence electrons. The molecule has 2 rings (SSSR count). The van der Waals surface area contributed by atoms with Crippen LogP contribution in [0, 0.1) is 0 Å². The minimum Gasteiger partial charge on any atom is -0.496 e. The zero-order chi connectivity index (χ0) is 14.0. The van der Waals surface area contributed by atoms with Crippen LogP contribution < -0.4 is 4.74 Å². The molecule has 1 nitrogen and oxygen atoms in total. The van der Waals surface area contributed by atoms with Crippen molar-refractivity contribution in [3.8, 4) is 16.9 Å². The molecule has 2 aromatic carbocycles. The lowest BCUT2D eigenvalue weighted by Crippen LogP contribution is -2.05. The first kappa shape index (κ1) is 13.9. The third-order valence-corrected chi connectivity index (χ3v) is 3.38. The number of alkyl halides is 3. The summed E-state index contributed by atoms with van der Waals surface area (Å²) in [7, 11) is 1.49. The molecular weight excluding hydrogens is 321 g/mol. The zero-order valence-electron chi connectivity index (χ0n) is 9.96. The maximum absolute atomic E-state index is 12.8. The van der Waals surface area contributed by atoms with Gasteiger partial charge in [-0.25, -0.2) is 0 Å². The quantitative estimate of drug-likeness (QED) is 0.740. The molecule has 0 spiro atoms. The second kappa shape index (κ2) is 5.25. The fourth-order valence-corrected chi connectivity index (χ4v) is 2.24. The number of hydrogen-bond acceptors (Lipinski definition) is 1. The lowest BCUT2D eigenvalue weighted by Gasteiger charge is -2.13. The van der Waals surface area contributed by atoms with Gasteiger partial charge in [-0.3, -0.25) is 0 Å². The third-order valence-electron chi connectivity index (χ3n) is 2.69. The molecule has 0 aliphatic carbocycles. The number of hydrogen-bond donors (Lipinski definition) is 0. The molecule has 0 atom stereocenters. The summed E-state index contributed by atoms with van der Waals surface area (Å²) < 4.78 is 44.0. The first-order valence-electron chi connectivity index (χ1n) is 5.43. The van der Waals surface area contributed by atoms with Crippen molar-refractivity contribution in [3.63, 3.8) is 0 Å². The summed E-state index contributed by atoms with van der Waals surface area (Å²) in [6.45, 7) is 0. The highest BCUT2D eigenvalue weighted by Crippen LogP contribution is 2.39. The van der Waals surface area contributed by atoms with Crippen molar-refractivity contribution in [3.05, 3.63) is 52.5 Å². The van der Waals surface area contributed by atoms with Gasteiger partial charge >= 0.3 is 6.18 Å².